The highest BCUT2D eigenvalue weighted by Gasteiger charge is 2.18. The maximum Gasteiger partial charge on any atom is 0.0349 e. The Kier molecular flexibility index (Phi) is 7.13. The van der Waals surface area contributed by atoms with Gasteiger partial charge in [-0.05, 0) is 45.8 Å². The first kappa shape index (κ1) is 15.0. The molecular weight excluding hydrogens is 222 g/mol. The smallest absolute Gasteiger partial charge is 0.0349 e. The summed E-state index contributed by atoms with van der Waals surface area (Å²) in [7, 11) is -0.472. The minimum absolute atomic E-state index is 0.472. The van der Waals surface area contributed by atoms with E-state index in [9.17, 15) is 0 Å². The van der Waals surface area contributed by atoms with Crippen LogP contribution in [-0.4, -0.2) is 32.8 Å². The van der Waals surface area contributed by atoms with Crippen LogP contribution in [0.5, 0.6) is 0 Å². The number of rotatable bonds is 4. The van der Waals surface area contributed by atoms with E-state index in [1.165, 1.54) is 51.2 Å². The van der Waals surface area contributed by atoms with Gasteiger partial charge in [0.2, 0.25) is 0 Å². The molecule has 2 heteroatoms. The van der Waals surface area contributed by atoms with Crippen LogP contribution in [0.4, 0.5) is 0 Å². The number of hydrogen-bond donors (Lipinski definition) is 0. The van der Waals surface area contributed by atoms with Gasteiger partial charge in [-0.2, -0.15) is 0 Å². The molecule has 1 unspecified atom stereocenters. The Labute approximate surface area is 110 Å². The number of likely N-dealkylation sites (tertiary alicyclic amines) is 1. The van der Waals surface area contributed by atoms with Crippen LogP contribution < -0.4 is 0 Å². The molecule has 1 heterocycles. The molecule has 0 aromatic heterocycles. The molecule has 0 aromatic carbocycles. The molecule has 1 fully saturated rings. The third-order valence-electron chi connectivity index (χ3n) is 3.99. The average molecular weight is 254 g/mol. The Morgan fingerprint density at radius 3 is 2.12 bits per heavy atom. The van der Waals surface area contributed by atoms with Crippen LogP contribution >= 0.6 is 0 Å². The van der Waals surface area contributed by atoms with E-state index >= 15 is 0 Å². The Morgan fingerprint density at radius 1 is 1.12 bits per heavy atom. The first-order valence-electron chi connectivity index (χ1n) is 7.54. The molecule has 1 aliphatic rings. The summed E-state index contributed by atoms with van der Waals surface area (Å²) in [6.45, 7) is 12.2. The molecule has 100 valence electrons. The maximum absolute atomic E-state index is 2.73. The average Bonchev–Trinajstić information content (AvgIpc) is 2.24. The van der Waals surface area contributed by atoms with Crippen molar-refractivity contribution in [2.45, 2.75) is 71.1 Å². The molecule has 0 aliphatic carbocycles. The van der Waals surface area contributed by atoms with Crippen molar-refractivity contribution in [1.29, 1.82) is 0 Å². The first-order valence-corrected chi connectivity index (χ1v) is 10.7. The Bertz CT molecular complexity index is 227. The molecule has 1 saturated heterocycles. The maximum atomic E-state index is 2.73. The van der Waals surface area contributed by atoms with Gasteiger partial charge in [0.15, 0.2) is 0 Å². The second-order valence-electron chi connectivity index (χ2n) is 5.94. The largest absolute Gasteiger partial charge is 0.297 e. The molecule has 17 heavy (non-hydrogen) atoms. The number of nitrogens with zero attached hydrogens (tertiary/aromatic N) is 1. The number of hydrogen-bond acceptors (Lipinski definition) is 1. The zero-order valence-corrected chi connectivity index (χ0v) is 13.5. The van der Waals surface area contributed by atoms with Crippen LogP contribution in [0.25, 0.3) is 0 Å². The van der Waals surface area contributed by atoms with Gasteiger partial charge in [0.1, 0.15) is 0 Å². The Balaban J connectivity index is 2.55. The van der Waals surface area contributed by atoms with E-state index in [4.69, 9.17) is 0 Å². The fourth-order valence-electron chi connectivity index (χ4n) is 2.89. The van der Waals surface area contributed by atoms with Crippen LogP contribution in [0, 0.1) is 0 Å². The molecule has 0 amide bonds. The highest BCUT2D eigenvalue weighted by molar-refractivity contribution is 6.56. The van der Waals surface area contributed by atoms with E-state index in [2.05, 4.69) is 37.9 Å². The summed E-state index contributed by atoms with van der Waals surface area (Å²) in [6, 6.07) is 2.08. The zero-order chi connectivity index (χ0) is 12.7. The molecule has 0 bridgehead atoms. The van der Waals surface area contributed by atoms with Crippen LogP contribution in [0.2, 0.25) is 19.1 Å². The second kappa shape index (κ2) is 8.10. The van der Waals surface area contributed by atoms with E-state index in [1.807, 2.05) is 0 Å². The van der Waals surface area contributed by atoms with E-state index in [0.717, 1.165) is 0 Å². The van der Waals surface area contributed by atoms with Gasteiger partial charge in [0.05, 0.1) is 0 Å². The molecule has 0 spiro atoms. The Morgan fingerprint density at radius 2 is 1.65 bits per heavy atom. The van der Waals surface area contributed by atoms with Crippen molar-refractivity contribution in [1.82, 2.24) is 4.90 Å². The molecule has 0 saturated carbocycles. The van der Waals surface area contributed by atoms with Gasteiger partial charge in [0.25, 0.3) is 0 Å². The van der Waals surface area contributed by atoms with E-state index in [0.29, 0.717) is 6.04 Å². The molecular formula is C15H31NSi. The summed E-state index contributed by atoms with van der Waals surface area (Å²) >= 11 is 0. The lowest BCUT2D eigenvalue weighted by atomic mass is 10.0. The van der Waals surface area contributed by atoms with Gasteiger partial charge >= 0.3 is 0 Å². The fourth-order valence-corrected chi connectivity index (χ4v) is 4.41. The van der Waals surface area contributed by atoms with Crippen molar-refractivity contribution < 1.29 is 0 Å². The van der Waals surface area contributed by atoms with Gasteiger partial charge < -0.3 is 0 Å². The molecule has 1 aliphatic heterocycles. The lowest BCUT2D eigenvalue weighted by Gasteiger charge is -2.33. The van der Waals surface area contributed by atoms with Gasteiger partial charge in [-0.15, -0.1) is 0 Å². The fraction of sp³-hybridized carbons (Fsp3) is 0.867. The minimum Gasteiger partial charge on any atom is -0.297 e. The topological polar surface area (TPSA) is 3.24 Å². The second-order valence-corrected chi connectivity index (χ2v) is 9.14. The van der Waals surface area contributed by atoms with E-state index in [-0.39, 0.29) is 0 Å². The van der Waals surface area contributed by atoms with Crippen LogP contribution in [0.3, 0.4) is 0 Å². The predicted octanol–water partition coefficient (Wildman–Crippen LogP) is 4.07. The van der Waals surface area contributed by atoms with Crippen LogP contribution in [-0.2, 0) is 0 Å². The van der Waals surface area contributed by atoms with Gasteiger partial charge in [-0.25, -0.2) is 0 Å². The highest BCUT2D eigenvalue weighted by atomic mass is 28.3. The van der Waals surface area contributed by atoms with Crippen molar-refractivity contribution in [3.8, 4) is 0 Å². The summed E-state index contributed by atoms with van der Waals surface area (Å²) in [5.74, 6) is 0. The summed E-state index contributed by atoms with van der Waals surface area (Å²) in [5.41, 5.74) is 1.70. The normalized spacial score (nSPS) is 22.3. The summed E-state index contributed by atoms with van der Waals surface area (Å²) < 4.78 is 0. The molecule has 0 aromatic rings. The summed E-state index contributed by atoms with van der Waals surface area (Å²) in [4.78, 5) is 2.73. The lowest BCUT2D eigenvalue weighted by molar-refractivity contribution is 0.211. The van der Waals surface area contributed by atoms with Crippen LogP contribution in [0.1, 0.15) is 46.0 Å². The molecule has 1 nitrogen and oxygen atoms in total. The zero-order valence-electron chi connectivity index (χ0n) is 12.3. The third kappa shape index (κ3) is 5.39. The van der Waals surface area contributed by atoms with E-state index < -0.39 is 8.80 Å². The van der Waals surface area contributed by atoms with Gasteiger partial charge in [0, 0.05) is 14.8 Å². The Hall–Kier alpha value is -0.0831. The molecule has 0 N–H and O–H groups in total. The standard InChI is InChI=1S/C15H31NSi/c1-5-15(13-17(3)4)14(2)16-11-9-7-6-8-10-12-16/h5,14,17H,6-13H2,1-4H3. The van der Waals surface area contributed by atoms with Crippen molar-refractivity contribution in [2.75, 3.05) is 13.1 Å². The molecule has 1 rings (SSSR count). The highest BCUT2D eigenvalue weighted by Crippen LogP contribution is 2.20. The van der Waals surface area contributed by atoms with Crippen molar-refractivity contribution in [2.24, 2.45) is 0 Å². The van der Waals surface area contributed by atoms with Gasteiger partial charge in [-0.1, -0.05) is 44.0 Å². The number of allylic oxidation sites excluding steroid dienone is 1. The van der Waals surface area contributed by atoms with Crippen molar-refractivity contribution >= 4 is 8.80 Å². The van der Waals surface area contributed by atoms with Crippen molar-refractivity contribution in [3.63, 3.8) is 0 Å². The van der Waals surface area contributed by atoms with Crippen LogP contribution in [0.15, 0.2) is 11.6 Å². The first-order chi connectivity index (χ1) is 8.15. The molecule has 0 radical (unpaired) electrons. The minimum atomic E-state index is -0.472. The third-order valence-corrected chi connectivity index (χ3v) is 5.28. The quantitative estimate of drug-likeness (QED) is 0.539. The summed E-state index contributed by atoms with van der Waals surface area (Å²) in [5, 5.41) is 0. The van der Waals surface area contributed by atoms with Gasteiger partial charge in [-0.3, -0.25) is 4.90 Å². The SMILES string of the molecule is CC=C(C[SiH](C)C)C(C)N1CCCCCCC1. The predicted molar refractivity (Wildman–Crippen MR) is 81.6 cm³/mol. The monoisotopic (exact) mass is 253 g/mol. The molecule has 1 atom stereocenters. The summed E-state index contributed by atoms with van der Waals surface area (Å²) in [6.07, 6.45) is 9.52. The van der Waals surface area contributed by atoms with E-state index in [1.54, 1.807) is 5.57 Å². The lowest BCUT2D eigenvalue weighted by Crippen LogP contribution is -2.37. The van der Waals surface area contributed by atoms with Crippen molar-refractivity contribution in [3.05, 3.63) is 11.6 Å².